The number of nitrogen functional groups attached to an aromatic ring is 2. The van der Waals surface area contributed by atoms with Gasteiger partial charge in [0.15, 0.2) is 0 Å². The molecular weight excluding hydrogens is 308 g/mol. The molecule has 0 saturated heterocycles. The summed E-state index contributed by atoms with van der Waals surface area (Å²) in [5, 5.41) is 0. The molecule has 0 saturated carbocycles. The Labute approximate surface area is 147 Å². The van der Waals surface area contributed by atoms with Crippen LogP contribution in [-0.2, 0) is 0 Å². The second-order valence-corrected chi connectivity index (χ2v) is 6.18. The molecule has 0 bridgehead atoms. The summed E-state index contributed by atoms with van der Waals surface area (Å²) in [5.41, 5.74) is 20.7. The van der Waals surface area contributed by atoms with Crippen molar-refractivity contribution in [2.45, 2.75) is 21.3 Å². The molecule has 4 nitrogen and oxygen atoms in total. The number of para-hydroxylation sites is 1. The van der Waals surface area contributed by atoms with Crippen LogP contribution in [0.5, 0.6) is 0 Å². The predicted molar refractivity (Wildman–Crippen MR) is 106 cm³/mol. The fourth-order valence-corrected chi connectivity index (χ4v) is 3.05. The number of anilines is 2. The van der Waals surface area contributed by atoms with Crippen LogP contribution >= 0.6 is 0 Å². The van der Waals surface area contributed by atoms with Crippen molar-refractivity contribution < 1.29 is 4.57 Å². The lowest BCUT2D eigenvalue weighted by Crippen LogP contribution is -2.33. The zero-order valence-electron chi connectivity index (χ0n) is 13.7. The van der Waals surface area contributed by atoms with Crippen molar-refractivity contribution in [2.75, 3.05) is 11.5 Å². The molecule has 4 N–H and O–H groups in total. The number of fused-ring (bicyclic) bond motifs is 2. The number of nitrogens with zero attached hydrogens (tertiary/aromatic N) is 2. The Balaban J connectivity index is 0.00000182. The zero-order chi connectivity index (χ0) is 16.8. The quantitative estimate of drug-likeness (QED) is 0.314. The molecule has 3 aromatic carbocycles. The number of benzene rings is 3. The maximum absolute atomic E-state index is 6.17. The number of aryl methyl sites for hydroxylation is 2. The molecular formula is C21H23N4+. The van der Waals surface area contributed by atoms with E-state index in [1.807, 2.05) is 56.3 Å². The van der Waals surface area contributed by atoms with E-state index in [0.29, 0.717) is 0 Å². The normalized spacial score (nSPS) is 10.8. The summed E-state index contributed by atoms with van der Waals surface area (Å²) >= 11 is 0. The molecule has 1 aromatic heterocycles. The van der Waals surface area contributed by atoms with E-state index >= 15 is 0 Å². The molecule has 0 aliphatic rings. The second kappa shape index (κ2) is 6.06. The van der Waals surface area contributed by atoms with Crippen molar-refractivity contribution in [1.82, 2.24) is 4.98 Å². The van der Waals surface area contributed by atoms with Crippen LogP contribution in [0.4, 0.5) is 11.4 Å². The third kappa shape index (κ3) is 2.66. The minimum absolute atomic E-state index is 0. The zero-order valence-corrected chi connectivity index (χ0v) is 13.7. The van der Waals surface area contributed by atoms with E-state index < -0.39 is 0 Å². The molecule has 0 amide bonds. The first-order chi connectivity index (χ1) is 11.5. The molecule has 0 aliphatic carbocycles. The van der Waals surface area contributed by atoms with Crippen LogP contribution in [0.15, 0.2) is 54.6 Å². The lowest BCUT2D eigenvalue weighted by molar-refractivity contribution is -0.538. The van der Waals surface area contributed by atoms with Gasteiger partial charge in [-0.25, -0.2) is 4.98 Å². The van der Waals surface area contributed by atoms with Gasteiger partial charge < -0.3 is 11.5 Å². The van der Waals surface area contributed by atoms with Crippen LogP contribution in [0, 0.1) is 13.8 Å². The van der Waals surface area contributed by atoms with Crippen molar-refractivity contribution in [3.8, 4) is 5.69 Å². The maximum Gasteiger partial charge on any atom is 0.239 e. The SMILES string of the molecule is C.Cc1cc2nc3cc(C)c(N)cc3[n+](-c3ccccc3)c2cc1N. The third-order valence-corrected chi connectivity index (χ3v) is 4.46. The molecule has 4 heteroatoms. The summed E-state index contributed by atoms with van der Waals surface area (Å²) in [5.74, 6) is 0. The molecule has 0 spiro atoms. The number of hydrogen-bond acceptors (Lipinski definition) is 3. The summed E-state index contributed by atoms with van der Waals surface area (Å²) in [7, 11) is 0. The van der Waals surface area contributed by atoms with Gasteiger partial charge in [0, 0.05) is 35.6 Å². The predicted octanol–water partition coefficient (Wildman–Crippen LogP) is 4.08. The molecule has 4 rings (SSSR count). The van der Waals surface area contributed by atoms with E-state index in [1.54, 1.807) is 0 Å². The Kier molecular flexibility index (Phi) is 4.05. The Morgan fingerprint density at radius 1 is 0.760 bits per heavy atom. The number of rotatable bonds is 1. The van der Waals surface area contributed by atoms with Crippen LogP contribution in [0.1, 0.15) is 18.6 Å². The molecule has 25 heavy (non-hydrogen) atoms. The standard InChI is InChI=1S/C20H18N4.CH4/c1-12-8-17-19(10-15(12)21)24(14-6-4-3-5-7-14)20-11-16(22)13(2)9-18(20)23-17;/h3-11H,1-2H3,(H3,21,22);1H4/p+1. The topological polar surface area (TPSA) is 68.8 Å². The highest BCUT2D eigenvalue weighted by Crippen LogP contribution is 2.24. The van der Waals surface area contributed by atoms with Gasteiger partial charge in [0.25, 0.3) is 0 Å². The summed E-state index contributed by atoms with van der Waals surface area (Å²) in [6, 6.07) is 18.2. The van der Waals surface area contributed by atoms with Gasteiger partial charge in [-0.15, -0.1) is 4.57 Å². The summed E-state index contributed by atoms with van der Waals surface area (Å²) in [6.45, 7) is 4.00. The number of aromatic nitrogens is 2. The molecule has 0 fully saturated rings. The minimum atomic E-state index is 0. The molecule has 1 heterocycles. The van der Waals surface area contributed by atoms with E-state index in [9.17, 15) is 0 Å². The number of hydrogen-bond donors (Lipinski definition) is 2. The van der Waals surface area contributed by atoms with Gasteiger partial charge in [-0.2, -0.15) is 0 Å². The average molecular weight is 331 g/mol. The molecule has 0 radical (unpaired) electrons. The first kappa shape index (κ1) is 16.7. The van der Waals surface area contributed by atoms with Crippen LogP contribution in [0.2, 0.25) is 0 Å². The smallest absolute Gasteiger partial charge is 0.239 e. The van der Waals surface area contributed by atoms with Gasteiger partial charge in [0.1, 0.15) is 11.0 Å². The molecule has 4 aromatic rings. The number of nitrogens with two attached hydrogens (primary N) is 2. The van der Waals surface area contributed by atoms with Crippen molar-refractivity contribution in [1.29, 1.82) is 0 Å². The fraction of sp³-hybridized carbons (Fsp3) is 0.143. The first-order valence-electron chi connectivity index (χ1n) is 7.92. The van der Waals surface area contributed by atoms with E-state index in [1.165, 1.54) is 0 Å². The Morgan fingerprint density at radius 3 is 1.72 bits per heavy atom. The monoisotopic (exact) mass is 331 g/mol. The molecule has 0 aliphatic heterocycles. The van der Waals surface area contributed by atoms with Crippen LogP contribution in [0.25, 0.3) is 27.8 Å². The van der Waals surface area contributed by atoms with Crippen LogP contribution in [0.3, 0.4) is 0 Å². The summed E-state index contributed by atoms with van der Waals surface area (Å²) in [4.78, 5) is 4.84. The molecule has 0 unspecified atom stereocenters. The van der Waals surface area contributed by atoms with E-state index in [0.717, 1.165) is 50.3 Å². The van der Waals surface area contributed by atoms with Gasteiger partial charge in [-0.05, 0) is 37.1 Å². The van der Waals surface area contributed by atoms with Crippen molar-refractivity contribution >= 4 is 33.4 Å². The van der Waals surface area contributed by atoms with E-state index in [2.05, 4.69) is 16.7 Å². The lowest BCUT2D eigenvalue weighted by atomic mass is 10.1. The van der Waals surface area contributed by atoms with Crippen molar-refractivity contribution in [3.05, 3.63) is 65.7 Å². The van der Waals surface area contributed by atoms with E-state index in [4.69, 9.17) is 16.5 Å². The summed E-state index contributed by atoms with van der Waals surface area (Å²) in [6.07, 6.45) is 0. The first-order valence-corrected chi connectivity index (χ1v) is 7.92. The van der Waals surface area contributed by atoms with E-state index in [-0.39, 0.29) is 7.43 Å². The van der Waals surface area contributed by atoms with Gasteiger partial charge >= 0.3 is 0 Å². The molecule has 0 atom stereocenters. The highest BCUT2D eigenvalue weighted by atomic mass is 15.0. The minimum Gasteiger partial charge on any atom is -0.398 e. The maximum atomic E-state index is 6.17. The highest BCUT2D eigenvalue weighted by Gasteiger charge is 2.21. The Bertz CT molecular complexity index is 1020. The van der Waals surface area contributed by atoms with Crippen molar-refractivity contribution in [3.63, 3.8) is 0 Å². The Morgan fingerprint density at radius 2 is 1.24 bits per heavy atom. The van der Waals surface area contributed by atoms with Gasteiger partial charge in [0.05, 0.1) is 0 Å². The largest absolute Gasteiger partial charge is 0.398 e. The van der Waals surface area contributed by atoms with Crippen LogP contribution < -0.4 is 16.0 Å². The Hall–Kier alpha value is -3.14. The highest BCUT2D eigenvalue weighted by molar-refractivity contribution is 5.87. The lowest BCUT2D eigenvalue weighted by Gasteiger charge is -2.09. The van der Waals surface area contributed by atoms with Gasteiger partial charge in [-0.1, -0.05) is 25.6 Å². The summed E-state index contributed by atoms with van der Waals surface area (Å²) < 4.78 is 2.17. The third-order valence-electron chi connectivity index (χ3n) is 4.46. The molecule has 126 valence electrons. The second-order valence-electron chi connectivity index (χ2n) is 6.18. The van der Waals surface area contributed by atoms with Crippen molar-refractivity contribution in [2.24, 2.45) is 0 Å². The van der Waals surface area contributed by atoms with Gasteiger partial charge in [-0.3, -0.25) is 0 Å². The fourth-order valence-electron chi connectivity index (χ4n) is 3.05. The van der Waals surface area contributed by atoms with Gasteiger partial charge in [0.2, 0.25) is 16.7 Å². The van der Waals surface area contributed by atoms with Crippen LogP contribution in [-0.4, -0.2) is 4.98 Å². The average Bonchev–Trinajstić information content (AvgIpc) is 2.57.